The zero-order chi connectivity index (χ0) is 13.7. The molecule has 1 unspecified atom stereocenters. The highest BCUT2D eigenvalue weighted by molar-refractivity contribution is 5.47. The van der Waals surface area contributed by atoms with Gasteiger partial charge in [-0.1, -0.05) is 13.8 Å². The maximum Gasteiger partial charge on any atom is 0.133 e. The van der Waals surface area contributed by atoms with Crippen molar-refractivity contribution >= 4 is 11.6 Å². The lowest BCUT2D eigenvalue weighted by atomic mass is 10.1. The molecule has 0 saturated carbocycles. The van der Waals surface area contributed by atoms with Crippen molar-refractivity contribution in [1.82, 2.24) is 15.3 Å². The summed E-state index contributed by atoms with van der Waals surface area (Å²) in [5.74, 6) is 3.25. The fourth-order valence-electron chi connectivity index (χ4n) is 2.31. The van der Waals surface area contributed by atoms with Crippen LogP contribution in [0.25, 0.3) is 0 Å². The molecule has 19 heavy (non-hydrogen) atoms. The Kier molecular flexibility index (Phi) is 4.96. The second kappa shape index (κ2) is 6.70. The molecule has 5 heteroatoms. The van der Waals surface area contributed by atoms with Gasteiger partial charge in [-0.25, -0.2) is 9.97 Å². The summed E-state index contributed by atoms with van der Waals surface area (Å²) in [6.07, 6.45) is 2.90. The Labute approximate surface area is 115 Å². The number of aromatic nitrogens is 2. The summed E-state index contributed by atoms with van der Waals surface area (Å²) >= 11 is 0. The van der Waals surface area contributed by atoms with Crippen molar-refractivity contribution in [2.24, 2.45) is 11.8 Å². The minimum atomic E-state index is 0.612. The van der Waals surface area contributed by atoms with Gasteiger partial charge in [0, 0.05) is 26.2 Å². The SMILES string of the molecule is CC(C)CNc1cc(N(C)CC2CCNC2)ncn1. The van der Waals surface area contributed by atoms with E-state index in [4.69, 9.17) is 0 Å². The predicted molar refractivity (Wildman–Crippen MR) is 79.6 cm³/mol. The molecule has 2 N–H and O–H groups in total. The molecule has 0 amide bonds. The predicted octanol–water partition coefficient (Wildman–Crippen LogP) is 1.59. The lowest BCUT2D eigenvalue weighted by molar-refractivity contribution is 0.575. The van der Waals surface area contributed by atoms with Crippen molar-refractivity contribution < 1.29 is 0 Å². The summed E-state index contributed by atoms with van der Waals surface area (Å²) in [6.45, 7) is 8.63. The van der Waals surface area contributed by atoms with Crippen molar-refractivity contribution in [2.75, 3.05) is 43.4 Å². The number of rotatable bonds is 6. The second-order valence-corrected chi connectivity index (χ2v) is 5.78. The van der Waals surface area contributed by atoms with Crippen molar-refractivity contribution in [3.05, 3.63) is 12.4 Å². The Morgan fingerprint density at radius 2 is 2.32 bits per heavy atom. The van der Waals surface area contributed by atoms with Gasteiger partial charge in [-0.05, 0) is 31.3 Å². The molecule has 0 aliphatic carbocycles. The van der Waals surface area contributed by atoms with Crippen LogP contribution in [-0.2, 0) is 0 Å². The van der Waals surface area contributed by atoms with Gasteiger partial charge in [0.1, 0.15) is 18.0 Å². The van der Waals surface area contributed by atoms with E-state index in [1.165, 1.54) is 6.42 Å². The van der Waals surface area contributed by atoms with Crippen LogP contribution in [0.2, 0.25) is 0 Å². The van der Waals surface area contributed by atoms with Crippen LogP contribution >= 0.6 is 0 Å². The molecule has 1 aliphatic heterocycles. The molecular weight excluding hydrogens is 238 g/mol. The largest absolute Gasteiger partial charge is 0.370 e. The monoisotopic (exact) mass is 263 g/mol. The van der Waals surface area contributed by atoms with Crippen LogP contribution in [0.5, 0.6) is 0 Å². The first-order chi connectivity index (χ1) is 9.15. The molecule has 1 aromatic heterocycles. The van der Waals surface area contributed by atoms with E-state index in [1.807, 2.05) is 6.07 Å². The number of hydrogen-bond donors (Lipinski definition) is 2. The summed E-state index contributed by atoms with van der Waals surface area (Å²) in [5, 5.41) is 6.74. The summed E-state index contributed by atoms with van der Waals surface area (Å²) in [5.41, 5.74) is 0. The Bertz CT molecular complexity index is 387. The zero-order valence-corrected chi connectivity index (χ0v) is 12.2. The van der Waals surface area contributed by atoms with E-state index in [9.17, 15) is 0 Å². The third kappa shape index (κ3) is 4.35. The molecule has 0 radical (unpaired) electrons. The van der Waals surface area contributed by atoms with E-state index >= 15 is 0 Å². The van der Waals surface area contributed by atoms with E-state index in [2.05, 4.69) is 46.4 Å². The zero-order valence-electron chi connectivity index (χ0n) is 12.2. The lowest BCUT2D eigenvalue weighted by Crippen LogP contribution is -2.27. The van der Waals surface area contributed by atoms with Gasteiger partial charge in [-0.15, -0.1) is 0 Å². The molecule has 1 atom stereocenters. The first kappa shape index (κ1) is 14.1. The smallest absolute Gasteiger partial charge is 0.133 e. The highest BCUT2D eigenvalue weighted by Gasteiger charge is 2.17. The van der Waals surface area contributed by atoms with Gasteiger partial charge in [-0.2, -0.15) is 0 Å². The summed E-state index contributed by atoms with van der Waals surface area (Å²) in [6, 6.07) is 2.03. The van der Waals surface area contributed by atoms with Gasteiger partial charge in [0.15, 0.2) is 0 Å². The summed E-state index contributed by atoms with van der Waals surface area (Å²) in [4.78, 5) is 10.8. The van der Waals surface area contributed by atoms with Crippen LogP contribution in [-0.4, -0.2) is 43.2 Å². The Morgan fingerprint density at radius 1 is 1.47 bits per heavy atom. The van der Waals surface area contributed by atoms with Gasteiger partial charge < -0.3 is 15.5 Å². The van der Waals surface area contributed by atoms with Crippen molar-refractivity contribution in [3.8, 4) is 0 Å². The van der Waals surface area contributed by atoms with Crippen LogP contribution in [0.15, 0.2) is 12.4 Å². The van der Waals surface area contributed by atoms with Gasteiger partial charge in [0.25, 0.3) is 0 Å². The standard InChI is InChI=1S/C14H25N5/c1-11(2)7-16-13-6-14(18-10-17-13)19(3)9-12-4-5-15-8-12/h6,10-12,15H,4-5,7-9H2,1-3H3,(H,16,17,18). The third-order valence-electron chi connectivity index (χ3n) is 3.43. The highest BCUT2D eigenvalue weighted by atomic mass is 15.2. The number of anilines is 2. The molecular formula is C14H25N5. The Hall–Kier alpha value is -1.36. The number of nitrogens with zero attached hydrogens (tertiary/aromatic N) is 3. The molecule has 0 bridgehead atoms. The molecule has 0 spiro atoms. The lowest BCUT2D eigenvalue weighted by Gasteiger charge is -2.22. The van der Waals surface area contributed by atoms with Crippen LogP contribution in [0.1, 0.15) is 20.3 Å². The van der Waals surface area contributed by atoms with Crippen molar-refractivity contribution in [3.63, 3.8) is 0 Å². The normalized spacial score (nSPS) is 18.8. The summed E-state index contributed by atoms with van der Waals surface area (Å²) in [7, 11) is 2.10. The van der Waals surface area contributed by atoms with Gasteiger partial charge in [0.2, 0.25) is 0 Å². The molecule has 0 aromatic carbocycles. The van der Waals surface area contributed by atoms with Crippen LogP contribution in [0.4, 0.5) is 11.6 Å². The van der Waals surface area contributed by atoms with Crippen LogP contribution < -0.4 is 15.5 Å². The van der Waals surface area contributed by atoms with Crippen LogP contribution in [0, 0.1) is 11.8 Å². The Morgan fingerprint density at radius 3 is 3.00 bits per heavy atom. The van der Waals surface area contributed by atoms with E-state index in [1.54, 1.807) is 6.33 Å². The van der Waals surface area contributed by atoms with Gasteiger partial charge >= 0.3 is 0 Å². The average molecular weight is 263 g/mol. The number of nitrogens with one attached hydrogen (secondary N) is 2. The highest BCUT2D eigenvalue weighted by Crippen LogP contribution is 2.16. The van der Waals surface area contributed by atoms with Gasteiger partial charge in [0.05, 0.1) is 0 Å². The quantitative estimate of drug-likeness (QED) is 0.816. The minimum absolute atomic E-state index is 0.612. The fourth-order valence-corrected chi connectivity index (χ4v) is 2.31. The molecule has 2 heterocycles. The third-order valence-corrected chi connectivity index (χ3v) is 3.43. The molecule has 106 valence electrons. The summed E-state index contributed by atoms with van der Waals surface area (Å²) < 4.78 is 0. The van der Waals surface area contributed by atoms with Crippen LogP contribution in [0.3, 0.4) is 0 Å². The van der Waals surface area contributed by atoms with E-state index < -0.39 is 0 Å². The average Bonchev–Trinajstić information content (AvgIpc) is 2.89. The molecule has 1 aliphatic rings. The van der Waals surface area contributed by atoms with Crippen molar-refractivity contribution in [1.29, 1.82) is 0 Å². The molecule has 5 nitrogen and oxygen atoms in total. The molecule has 1 saturated heterocycles. The first-order valence-corrected chi connectivity index (χ1v) is 7.13. The maximum absolute atomic E-state index is 4.36. The van der Waals surface area contributed by atoms with E-state index in [0.717, 1.165) is 43.7 Å². The maximum atomic E-state index is 4.36. The Balaban J connectivity index is 1.92. The fraction of sp³-hybridized carbons (Fsp3) is 0.714. The topological polar surface area (TPSA) is 53.1 Å². The van der Waals surface area contributed by atoms with Gasteiger partial charge in [-0.3, -0.25) is 0 Å². The van der Waals surface area contributed by atoms with Crippen molar-refractivity contribution in [2.45, 2.75) is 20.3 Å². The van der Waals surface area contributed by atoms with E-state index in [-0.39, 0.29) is 0 Å². The number of hydrogen-bond acceptors (Lipinski definition) is 5. The molecule has 1 aromatic rings. The first-order valence-electron chi connectivity index (χ1n) is 7.13. The minimum Gasteiger partial charge on any atom is -0.370 e. The second-order valence-electron chi connectivity index (χ2n) is 5.78. The van der Waals surface area contributed by atoms with E-state index in [0.29, 0.717) is 5.92 Å². The molecule has 1 fully saturated rings. The molecule has 2 rings (SSSR count).